The van der Waals surface area contributed by atoms with E-state index in [9.17, 15) is 5.11 Å². The van der Waals surface area contributed by atoms with Gasteiger partial charge < -0.3 is 5.11 Å². The van der Waals surface area contributed by atoms with Crippen molar-refractivity contribution >= 4 is 6.08 Å². The monoisotopic (exact) mass is 382 g/mol. The van der Waals surface area contributed by atoms with Gasteiger partial charge >= 0.3 is 0 Å². The lowest BCUT2D eigenvalue weighted by atomic mass is 9.45. The van der Waals surface area contributed by atoms with E-state index in [1.54, 1.807) is 0 Å². The number of nitrogens with zero attached hydrogens (tertiary/aromatic N) is 2. The number of hydrogen-bond acceptors (Lipinski definition) is 2. The van der Waals surface area contributed by atoms with Crippen LogP contribution in [-0.2, 0) is 6.54 Å². The second-order valence-electron chi connectivity index (χ2n) is 10.9. The fourth-order valence-corrected chi connectivity index (χ4v) is 8.14. The maximum Gasteiger partial charge on any atom is 0.0809 e. The standard InChI is InChI=1S/C25H38N2O/c1-4-27-16-17(15-26-27)13-18-14-22-20-9-8-19-7-5-6-11-24(19,2)21(20)10-12-25(22,3)23(18)28/h13,15-16,19-23,28H,4-12,14H2,1-3H3/b18-13-/t19-,20-,21+,22+,23+,24+,25+/m1/s1. The molecule has 4 aliphatic carbocycles. The van der Waals surface area contributed by atoms with Crippen molar-refractivity contribution in [2.45, 2.75) is 91.2 Å². The van der Waals surface area contributed by atoms with Crippen molar-refractivity contribution in [3.05, 3.63) is 23.5 Å². The molecule has 4 aliphatic rings. The summed E-state index contributed by atoms with van der Waals surface area (Å²) < 4.78 is 1.98. The lowest BCUT2D eigenvalue weighted by molar-refractivity contribution is -0.119. The summed E-state index contributed by atoms with van der Waals surface area (Å²) in [6, 6.07) is 0. The van der Waals surface area contributed by atoms with E-state index in [1.165, 1.54) is 56.9 Å². The van der Waals surface area contributed by atoms with Crippen LogP contribution in [0.3, 0.4) is 0 Å². The van der Waals surface area contributed by atoms with Crippen molar-refractivity contribution in [3.8, 4) is 0 Å². The molecule has 4 fully saturated rings. The van der Waals surface area contributed by atoms with Gasteiger partial charge in [-0.2, -0.15) is 5.10 Å². The summed E-state index contributed by atoms with van der Waals surface area (Å²) in [7, 11) is 0. The third kappa shape index (κ3) is 2.68. The quantitative estimate of drug-likeness (QED) is 0.713. The smallest absolute Gasteiger partial charge is 0.0809 e. The predicted molar refractivity (Wildman–Crippen MR) is 114 cm³/mol. The molecule has 3 nitrogen and oxygen atoms in total. The molecule has 0 unspecified atom stereocenters. The SMILES string of the molecule is CCn1cc(/C=C2/C[C@H]3[C@@H]4CC[C@H]5CCCC[C@]5(C)[C@H]4CC[C@]3(C)[C@H]2O)cn1. The Bertz CT molecular complexity index is 766. The van der Waals surface area contributed by atoms with Crippen molar-refractivity contribution in [1.82, 2.24) is 9.78 Å². The van der Waals surface area contributed by atoms with Crippen LogP contribution in [0.2, 0.25) is 0 Å². The highest BCUT2D eigenvalue weighted by Gasteiger charge is 2.60. The zero-order valence-corrected chi connectivity index (χ0v) is 18.0. The maximum absolute atomic E-state index is 11.4. The first kappa shape index (κ1) is 18.9. The Labute approximate surface area is 170 Å². The average molecular weight is 383 g/mol. The van der Waals surface area contributed by atoms with Crippen LogP contribution in [0.4, 0.5) is 0 Å². The zero-order valence-electron chi connectivity index (χ0n) is 18.0. The summed E-state index contributed by atoms with van der Waals surface area (Å²) >= 11 is 0. The average Bonchev–Trinajstić information content (AvgIpc) is 3.25. The van der Waals surface area contributed by atoms with E-state index in [0.717, 1.165) is 36.3 Å². The second-order valence-corrected chi connectivity index (χ2v) is 10.9. The molecule has 1 heterocycles. The molecule has 0 aromatic carbocycles. The molecule has 0 aliphatic heterocycles. The van der Waals surface area contributed by atoms with E-state index >= 15 is 0 Å². The summed E-state index contributed by atoms with van der Waals surface area (Å²) in [6.07, 6.45) is 18.3. The predicted octanol–water partition coefficient (Wildman–Crippen LogP) is 5.69. The first-order chi connectivity index (χ1) is 13.5. The Kier molecular flexibility index (Phi) is 4.54. The summed E-state index contributed by atoms with van der Waals surface area (Å²) in [4.78, 5) is 0. The topological polar surface area (TPSA) is 38.0 Å². The minimum atomic E-state index is -0.277. The zero-order chi connectivity index (χ0) is 19.5. The van der Waals surface area contributed by atoms with Gasteiger partial charge in [-0.05, 0) is 86.5 Å². The normalized spacial score (nSPS) is 46.9. The summed E-state index contributed by atoms with van der Waals surface area (Å²) in [5.74, 6) is 3.33. The molecule has 5 rings (SSSR count). The maximum atomic E-state index is 11.4. The van der Waals surface area contributed by atoms with E-state index in [1.807, 2.05) is 10.9 Å². The summed E-state index contributed by atoms with van der Waals surface area (Å²) in [5, 5.41) is 15.8. The largest absolute Gasteiger partial charge is 0.388 e. The Balaban J connectivity index is 1.44. The van der Waals surface area contributed by atoms with Gasteiger partial charge in [-0.3, -0.25) is 4.68 Å². The molecule has 1 N–H and O–H groups in total. The van der Waals surface area contributed by atoms with Gasteiger partial charge in [-0.25, -0.2) is 0 Å². The van der Waals surface area contributed by atoms with Gasteiger partial charge in [-0.15, -0.1) is 0 Å². The van der Waals surface area contributed by atoms with Crippen LogP contribution in [-0.4, -0.2) is 21.0 Å². The Morgan fingerprint density at radius 2 is 1.96 bits per heavy atom. The molecule has 7 atom stereocenters. The van der Waals surface area contributed by atoms with Crippen molar-refractivity contribution in [3.63, 3.8) is 0 Å². The third-order valence-electron chi connectivity index (χ3n) is 9.78. The fraction of sp³-hybridized carbons (Fsp3) is 0.800. The molecule has 4 saturated carbocycles. The first-order valence-corrected chi connectivity index (χ1v) is 11.9. The fourth-order valence-electron chi connectivity index (χ4n) is 8.14. The molecule has 1 aromatic rings. The number of aliphatic hydroxyl groups is 1. The molecule has 3 heteroatoms. The van der Waals surface area contributed by atoms with E-state index in [-0.39, 0.29) is 11.5 Å². The highest BCUT2D eigenvalue weighted by molar-refractivity contribution is 5.54. The van der Waals surface area contributed by atoms with E-state index in [0.29, 0.717) is 11.3 Å². The number of fused-ring (bicyclic) bond motifs is 5. The number of hydrogen-bond donors (Lipinski definition) is 1. The molecule has 28 heavy (non-hydrogen) atoms. The minimum Gasteiger partial charge on any atom is -0.388 e. The number of rotatable bonds is 2. The molecule has 0 spiro atoms. The van der Waals surface area contributed by atoms with Gasteiger partial charge in [-0.1, -0.05) is 32.8 Å². The molecule has 154 valence electrons. The molecular weight excluding hydrogens is 344 g/mol. The summed E-state index contributed by atoms with van der Waals surface area (Å²) in [5.41, 5.74) is 3.06. The van der Waals surface area contributed by atoms with Crippen LogP contribution < -0.4 is 0 Å². The molecular formula is C25H38N2O. The van der Waals surface area contributed by atoms with Crippen LogP contribution >= 0.6 is 0 Å². The lowest BCUT2D eigenvalue weighted by Crippen LogP contribution is -2.53. The number of aromatic nitrogens is 2. The highest BCUT2D eigenvalue weighted by atomic mass is 16.3. The first-order valence-electron chi connectivity index (χ1n) is 11.9. The van der Waals surface area contributed by atoms with Crippen LogP contribution in [0.25, 0.3) is 6.08 Å². The van der Waals surface area contributed by atoms with Gasteiger partial charge in [0.1, 0.15) is 0 Å². The van der Waals surface area contributed by atoms with Gasteiger partial charge in [0.2, 0.25) is 0 Å². The molecule has 0 saturated heterocycles. The van der Waals surface area contributed by atoms with Gasteiger partial charge in [0, 0.05) is 23.7 Å². The minimum absolute atomic E-state index is 0.0750. The van der Waals surface area contributed by atoms with Crippen LogP contribution in [0.1, 0.15) is 84.1 Å². The highest BCUT2D eigenvalue weighted by Crippen LogP contribution is 2.67. The Hall–Kier alpha value is -1.09. The van der Waals surface area contributed by atoms with Gasteiger partial charge in [0.25, 0.3) is 0 Å². The molecule has 0 radical (unpaired) electrons. The van der Waals surface area contributed by atoms with Crippen LogP contribution in [0.15, 0.2) is 18.0 Å². The van der Waals surface area contributed by atoms with Gasteiger partial charge in [0.05, 0.1) is 12.3 Å². The van der Waals surface area contributed by atoms with E-state index < -0.39 is 0 Å². The van der Waals surface area contributed by atoms with Crippen molar-refractivity contribution in [2.24, 2.45) is 34.5 Å². The van der Waals surface area contributed by atoms with Crippen LogP contribution in [0.5, 0.6) is 0 Å². The van der Waals surface area contributed by atoms with Gasteiger partial charge in [0.15, 0.2) is 0 Å². The number of aliphatic hydroxyl groups excluding tert-OH is 1. The van der Waals surface area contributed by atoms with Crippen molar-refractivity contribution in [2.75, 3.05) is 0 Å². The summed E-state index contributed by atoms with van der Waals surface area (Å²) in [6.45, 7) is 8.05. The Morgan fingerprint density at radius 3 is 2.75 bits per heavy atom. The molecule has 0 amide bonds. The van der Waals surface area contributed by atoms with E-state index in [2.05, 4.69) is 38.1 Å². The second kappa shape index (κ2) is 6.72. The number of aryl methyl sites for hydroxylation is 1. The van der Waals surface area contributed by atoms with E-state index in [4.69, 9.17) is 0 Å². The van der Waals surface area contributed by atoms with Crippen molar-refractivity contribution < 1.29 is 5.11 Å². The van der Waals surface area contributed by atoms with Crippen LogP contribution in [0, 0.1) is 34.5 Å². The third-order valence-corrected chi connectivity index (χ3v) is 9.78. The lowest BCUT2D eigenvalue weighted by Gasteiger charge is -2.60. The van der Waals surface area contributed by atoms with Crippen molar-refractivity contribution in [1.29, 1.82) is 0 Å². The molecule has 1 aromatic heterocycles. The molecule has 0 bridgehead atoms. The Morgan fingerprint density at radius 1 is 1.11 bits per heavy atom.